The van der Waals surface area contributed by atoms with Crippen molar-refractivity contribution in [3.63, 3.8) is 0 Å². The molecule has 0 aliphatic carbocycles. The van der Waals surface area contributed by atoms with E-state index in [4.69, 9.17) is 10.5 Å². The number of carbonyl (C=O) groups is 1. The Bertz CT molecular complexity index is 405. The van der Waals surface area contributed by atoms with Crippen LogP contribution in [0.5, 0.6) is 0 Å². The molecule has 1 rings (SSSR count). The van der Waals surface area contributed by atoms with Gasteiger partial charge in [-0.25, -0.2) is 0 Å². The third kappa shape index (κ3) is 6.70. The van der Waals surface area contributed by atoms with E-state index >= 15 is 0 Å². The first-order valence-corrected chi connectivity index (χ1v) is 7.32. The topological polar surface area (TPSA) is 55.6 Å². The van der Waals surface area contributed by atoms with Gasteiger partial charge in [-0.05, 0) is 24.6 Å². The zero-order valence-corrected chi connectivity index (χ0v) is 14.1. The fraction of sp³-hybridized carbons (Fsp3) is 0.500. The molecule has 0 bridgehead atoms. The monoisotopic (exact) mass is 364 g/mol. The van der Waals surface area contributed by atoms with Gasteiger partial charge in [-0.3, -0.25) is 4.79 Å². The average Bonchev–Trinajstić information content (AvgIpc) is 2.42. The van der Waals surface area contributed by atoms with Gasteiger partial charge < -0.3 is 15.4 Å². The molecule has 0 aliphatic rings. The molecule has 1 aromatic rings. The van der Waals surface area contributed by atoms with Gasteiger partial charge in [-0.15, -0.1) is 12.4 Å². The Morgan fingerprint density at radius 1 is 1.40 bits per heavy atom. The lowest BCUT2D eigenvalue weighted by atomic mass is 10.3. The highest BCUT2D eigenvalue weighted by Gasteiger charge is 2.14. The van der Waals surface area contributed by atoms with Gasteiger partial charge in [-0.2, -0.15) is 0 Å². The normalized spacial score (nSPS) is 9.95. The highest BCUT2D eigenvalue weighted by atomic mass is 79.9. The molecule has 0 spiro atoms. The van der Waals surface area contributed by atoms with Crippen LogP contribution in [-0.2, 0) is 9.53 Å². The molecule has 0 saturated carbocycles. The largest absolute Gasteiger partial charge is 0.380 e. The van der Waals surface area contributed by atoms with Crippen molar-refractivity contribution < 1.29 is 9.53 Å². The first-order valence-electron chi connectivity index (χ1n) is 6.52. The summed E-state index contributed by atoms with van der Waals surface area (Å²) in [5.74, 6) is -0.0998. The molecule has 2 N–H and O–H groups in total. The van der Waals surface area contributed by atoms with E-state index in [1.54, 1.807) is 4.90 Å². The zero-order valence-electron chi connectivity index (χ0n) is 11.7. The minimum atomic E-state index is -0.0998. The van der Waals surface area contributed by atoms with Crippen molar-refractivity contribution in [2.75, 3.05) is 31.2 Å². The molecule has 20 heavy (non-hydrogen) atoms. The predicted molar refractivity (Wildman–Crippen MR) is 88.5 cm³/mol. The molecule has 0 radical (unpaired) electrons. The van der Waals surface area contributed by atoms with Gasteiger partial charge in [-0.1, -0.05) is 35.3 Å². The van der Waals surface area contributed by atoms with Crippen LogP contribution in [0, 0.1) is 0 Å². The van der Waals surface area contributed by atoms with E-state index < -0.39 is 0 Å². The fourth-order valence-electron chi connectivity index (χ4n) is 1.66. The second-order valence-corrected chi connectivity index (χ2v) is 5.11. The number of anilines is 1. The standard InChI is InChI=1S/C14H21BrN2O2.ClH/c1-2-3-8-19-9-7-17(14(18)11-16)13-6-4-5-12(15)10-13;/h4-6,10H,2-3,7-9,11,16H2,1H3;1H. The van der Waals surface area contributed by atoms with Crippen molar-refractivity contribution in [3.05, 3.63) is 28.7 Å². The van der Waals surface area contributed by atoms with Gasteiger partial charge in [0.15, 0.2) is 0 Å². The molecule has 6 heteroatoms. The smallest absolute Gasteiger partial charge is 0.240 e. The Balaban J connectivity index is 0.00000361. The Labute approximate surface area is 135 Å². The first kappa shape index (κ1) is 19.4. The van der Waals surface area contributed by atoms with Crippen LogP contribution < -0.4 is 10.6 Å². The van der Waals surface area contributed by atoms with Crippen molar-refractivity contribution in [2.24, 2.45) is 5.73 Å². The maximum Gasteiger partial charge on any atom is 0.240 e. The summed E-state index contributed by atoms with van der Waals surface area (Å²) in [5, 5.41) is 0. The highest BCUT2D eigenvalue weighted by Crippen LogP contribution is 2.19. The molecule has 1 amide bonds. The summed E-state index contributed by atoms with van der Waals surface area (Å²) in [5.41, 5.74) is 6.29. The van der Waals surface area contributed by atoms with Gasteiger partial charge in [0.25, 0.3) is 0 Å². The lowest BCUT2D eigenvalue weighted by Crippen LogP contribution is -2.38. The van der Waals surface area contributed by atoms with Gasteiger partial charge in [0.2, 0.25) is 5.91 Å². The van der Waals surface area contributed by atoms with Crippen LogP contribution in [0.3, 0.4) is 0 Å². The molecular weight excluding hydrogens is 344 g/mol. The molecule has 0 unspecified atom stereocenters. The van der Waals surface area contributed by atoms with Crippen LogP contribution in [0.4, 0.5) is 5.69 Å². The number of rotatable bonds is 8. The van der Waals surface area contributed by atoms with Crippen LogP contribution in [0.15, 0.2) is 28.7 Å². The second-order valence-electron chi connectivity index (χ2n) is 4.20. The van der Waals surface area contributed by atoms with Gasteiger partial charge in [0, 0.05) is 23.3 Å². The highest BCUT2D eigenvalue weighted by molar-refractivity contribution is 9.10. The summed E-state index contributed by atoms with van der Waals surface area (Å²) in [6.45, 7) is 3.91. The summed E-state index contributed by atoms with van der Waals surface area (Å²) in [4.78, 5) is 13.5. The first-order chi connectivity index (χ1) is 9.19. The van der Waals surface area contributed by atoms with Gasteiger partial charge in [0.1, 0.15) is 0 Å². The number of halogens is 2. The van der Waals surface area contributed by atoms with E-state index in [-0.39, 0.29) is 24.9 Å². The Hall–Kier alpha value is -0.620. The lowest BCUT2D eigenvalue weighted by molar-refractivity contribution is -0.117. The quantitative estimate of drug-likeness (QED) is 0.721. The van der Waals surface area contributed by atoms with Crippen molar-refractivity contribution in [1.29, 1.82) is 0 Å². The maximum atomic E-state index is 11.9. The summed E-state index contributed by atoms with van der Waals surface area (Å²) in [6, 6.07) is 7.62. The Morgan fingerprint density at radius 2 is 2.15 bits per heavy atom. The third-order valence-electron chi connectivity index (χ3n) is 2.70. The van der Waals surface area contributed by atoms with Crippen LogP contribution in [0.1, 0.15) is 19.8 Å². The number of unbranched alkanes of at least 4 members (excludes halogenated alkanes) is 1. The van der Waals surface area contributed by atoms with E-state index in [9.17, 15) is 4.79 Å². The van der Waals surface area contributed by atoms with Crippen LogP contribution >= 0.6 is 28.3 Å². The summed E-state index contributed by atoms with van der Waals surface area (Å²) >= 11 is 3.40. The molecule has 114 valence electrons. The number of amides is 1. The van der Waals surface area contributed by atoms with Crippen molar-refractivity contribution in [2.45, 2.75) is 19.8 Å². The van der Waals surface area contributed by atoms with E-state index in [1.165, 1.54) is 0 Å². The summed E-state index contributed by atoms with van der Waals surface area (Å²) < 4.78 is 6.44. The molecule has 4 nitrogen and oxygen atoms in total. The SMILES string of the molecule is CCCCOCCN(C(=O)CN)c1cccc(Br)c1.Cl. The number of hydrogen-bond donors (Lipinski definition) is 1. The molecule has 0 fully saturated rings. The van der Waals surface area contributed by atoms with Gasteiger partial charge in [0.05, 0.1) is 13.2 Å². The molecule has 0 atom stereocenters. The van der Waals surface area contributed by atoms with E-state index in [2.05, 4.69) is 22.9 Å². The minimum absolute atomic E-state index is 0. The number of hydrogen-bond acceptors (Lipinski definition) is 3. The van der Waals surface area contributed by atoms with Crippen molar-refractivity contribution in [1.82, 2.24) is 0 Å². The maximum absolute atomic E-state index is 11.9. The molecule has 1 aromatic carbocycles. The number of benzene rings is 1. The zero-order chi connectivity index (χ0) is 14.1. The minimum Gasteiger partial charge on any atom is -0.380 e. The molecule has 0 aliphatic heterocycles. The third-order valence-corrected chi connectivity index (χ3v) is 3.19. The Morgan fingerprint density at radius 3 is 2.75 bits per heavy atom. The van der Waals surface area contributed by atoms with E-state index in [0.29, 0.717) is 13.2 Å². The molecule has 0 heterocycles. The summed E-state index contributed by atoms with van der Waals surface area (Å²) in [7, 11) is 0. The second kappa shape index (κ2) is 11.1. The van der Waals surface area contributed by atoms with Gasteiger partial charge >= 0.3 is 0 Å². The molecule has 0 aromatic heterocycles. The molecule has 0 saturated heterocycles. The van der Waals surface area contributed by atoms with Crippen LogP contribution in [0.2, 0.25) is 0 Å². The summed E-state index contributed by atoms with van der Waals surface area (Å²) in [6.07, 6.45) is 2.15. The van der Waals surface area contributed by atoms with Crippen LogP contribution in [-0.4, -0.2) is 32.2 Å². The van der Waals surface area contributed by atoms with Crippen molar-refractivity contribution >= 4 is 39.9 Å². The number of nitrogens with two attached hydrogens (primary N) is 1. The van der Waals surface area contributed by atoms with Crippen LogP contribution in [0.25, 0.3) is 0 Å². The number of nitrogens with zero attached hydrogens (tertiary/aromatic N) is 1. The van der Waals surface area contributed by atoms with E-state index in [0.717, 1.165) is 29.6 Å². The molecular formula is C14H22BrClN2O2. The Kier molecular flexibility index (Phi) is 10.7. The predicted octanol–water partition coefficient (Wildman–Crippen LogP) is 2.98. The van der Waals surface area contributed by atoms with E-state index in [1.807, 2.05) is 24.3 Å². The fourth-order valence-corrected chi connectivity index (χ4v) is 2.04. The number of ether oxygens (including phenoxy) is 1. The van der Waals surface area contributed by atoms with Crippen molar-refractivity contribution in [3.8, 4) is 0 Å². The average molecular weight is 366 g/mol. The lowest BCUT2D eigenvalue weighted by Gasteiger charge is -2.22. The number of carbonyl (C=O) groups excluding carboxylic acids is 1.